The zero-order valence-corrected chi connectivity index (χ0v) is 19.1. The van der Waals surface area contributed by atoms with Gasteiger partial charge in [0.2, 0.25) is 5.95 Å². The van der Waals surface area contributed by atoms with Gasteiger partial charge in [-0.3, -0.25) is 0 Å². The number of carbonyl (C=O) groups is 1. The molecule has 178 valence electrons. The minimum absolute atomic E-state index is 0.0401. The first kappa shape index (κ1) is 24.0. The minimum atomic E-state index is -4.49. The van der Waals surface area contributed by atoms with Gasteiger partial charge in [0.1, 0.15) is 5.03 Å². The number of carbonyl (C=O) groups excluding carboxylic acids is 1. The zero-order chi connectivity index (χ0) is 24.8. The molecule has 11 heteroatoms. The highest BCUT2D eigenvalue weighted by molar-refractivity contribution is 7.99. The van der Waals surface area contributed by atoms with E-state index in [9.17, 15) is 18.0 Å². The standard InChI is InChI=1S/C24H19F3N6OS/c1-28-22-30-13-11-20(33-22)19-6-3-12-29-21(19)35-18-9-7-16(8-10-18)31-23(34)32-17-5-2-4-15(14-17)24(25,26)27/h2-14H,1H3,(H,28,30,33)(H2,31,32,34). The van der Waals surface area contributed by atoms with Gasteiger partial charge in [-0.15, -0.1) is 0 Å². The number of amides is 2. The summed E-state index contributed by atoms with van der Waals surface area (Å²) >= 11 is 1.43. The van der Waals surface area contributed by atoms with Crippen LogP contribution in [-0.2, 0) is 6.18 Å². The maximum Gasteiger partial charge on any atom is 0.416 e. The monoisotopic (exact) mass is 496 g/mol. The van der Waals surface area contributed by atoms with Gasteiger partial charge in [-0.25, -0.2) is 19.7 Å². The molecule has 0 unspecified atom stereocenters. The third kappa shape index (κ3) is 6.27. The molecule has 2 aromatic carbocycles. The molecule has 7 nitrogen and oxygen atoms in total. The molecule has 35 heavy (non-hydrogen) atoms. The van der Waals surface area contributed by atoms with E-state index in [0.29, 0.717) is 11.6 Å². The molecule has 3 N–H and O–H groups in total. The maximum absolute atomic E-state index is 12.9. The smallest absolute Gasteiger partial charge is 0.357 e. The molecule has 0 aliphatic rings. The van der Waals surface area contributed by atoms with Crippen LogP contribution in [0.5, 0.6) is 0 Å². The topological polar surface area (TPSA) is 91.8 Å². The molecule has 0 radical (unpaired) electrons. The Morgan fingerprint density at radius 3 is 2.40 bits per heavy atom. The molecule has 4 rings (SSSR count). The van der Waals surface area contributed by atoms with E-state index in [4.69, 9.17) is 0 Å². The summed E-state index contributed by atoms with van der Waals surface area (Å²) in [7, 11) is 1.74. The summed E-state index contributed by atoms with van der Waals surface area (Å²) < 4.78 is 38.6. The van der Waals surface area contributed by atoms with Gasteiger partial charge in [-0.1, -0.05) is 17.8 Å². The number of aromatic nitrogens is 3. The van der Waals surface area contributed by atoms with Crippen LogP contribution in [-0.4, -0.2) is 28.0 Å². The van der Waals surface area contributed by atoms with Crippen molar-refractivity contribution in [2.24, 2.45) is 0 Å². The molecular weight excluding hydrogens is 477 g/mol. The van der Waals surface area contributed by atoms with E-state index in [-0.39, 0.29) is 5.69 Å². The Bertz CT molecular complexity index is 1330. The van der Waals surface area contributed by atoms with E-state index in [1.54, 1.807) is 37.6 Å². The van der Waals surface area contributed by atoms with Crippen LogP contribution in [0.25, 0.3) is 11.3 Å². The largest absolute Gasteiger partial charge is 0.416 e. The van der Waals surface area contributed by atoms with Gasteiger partial charge in [0, 0.05) is 41.3 Å². The van der Waals surface area contributed by atoms with Crippen molar-refractivity contribution in [3.63, 3.8) is 0 Å². The van der Waals surface area contributed by atoms with Gasteiger partial charge < -0.3 is 16.0 Å². The Morgan fingerprint density at radius 2 is 1.66 bits per heavy atom. The maximum atomic E-state index is 12.9. The van der Waals surface area contributed by atoms with Crippen molar-refractivity contribution in [2.45, 2.75) is 16.1 Å². The average Bonchev–Trinajstić information content (AvgIpc) is 2.85. The molecule has 2 aromatic heterocycles. The Balaban J connectivity index is 1.43. The summed E-state index contributed by atoms with van der Waals surface area (Å²) in [5, 5.41) is 8.68. The number of alkyl halides is 3. The van der Waals surface area contributed by atoms with Crippen LogP contribution in [0.1, 0.15) is 5.56 Å². The first-order valence-electron chi connectivity index (χ1n) is 10.3. The Labute approximate surface area is 203 Å². The fourth-order valence-electron chi connectivity index (χ4n) is 3.08. The summed E-state index contributed by atoms with van der Waals surface area (Å²) in [5.41, 5.74) is 1.26. The molecule has 0 aliphatic heterocycles. The number of urea groups is 1. The van der Waals surface area contributed by atoms with Crippen LogP contribution >= 0.6 is 11.8 Å². The van der Waals surface area contributed by atoms with Crippen molar-refractivity contribution in [1.82, 2.24) is 15.0 Å². The number of halogens is 3. The molecule has 0 spiro atoms. The van der Waals surface area contributed by atoms with Crippen molar-refractivity contribution < 1.29 is 18.0 Å². The fraction of sp³-hybridized carbons (Fsp3) is 0.0833. The second-order valence-corrected chi connectivity index (χ2v) is 8.22. The highest BCUT2D eigenvalue weighted by Gasteiger charge is 2.30. The van der Waals surface area contributed by atoms with Crippen LogP contribution < -0.4 is 16.0 Å². The number of benzene rings is 2. The van der Waals surface area contributed by atoms with Crippen molar-refractivity contribution in [3.8, 4) is 11.3 Å². The van der Waals surface area contributed by atoms with E-state index >= 15 is 0 Å². The van der Waals surface area contributed by atoms with Gasteiger partial charge >= 0.3 is 12.2 Å². The number of nitrogens with one attached hydrogen (secondary N) is 3. The summed E-state index contributed by atoms with van der Waals surface area (Å²) in [5.74, 6) is 0.501. The number of hydrogen-bond acceptors (Lipinski definition) is 6. The van der Waals surface area contributed by atoms with Gasteiger partial charge in [0.15, 0.2) is 0 Å². The van der Waals surface area contributed by atoms with Crippen LogP contribution in [0.15, 0.2) is 89.0 Å². The molecule has 0 atom stereocenters. The quantitative estimate of drug-likeness (QED) is 0.286. The van der Waals surface area contributed by atoms with Crippen LogP contribution in [0.4, 0.5) is 35.3 Å². The summed E-state index contributed by atoms with van der Waals surface area (Å²) in [4.78, 5) is 26.2. The van der Waals surface area contributed by atoms with Gasteiger partial charge in [0.25, 0.3) is 0 Å². The Kier molecular flexibility index (Phi) is 7.16. The summed E-state index contributed by atoms with van der Waals surface area (Å²) in [6.45, 7) is 0. The van der Waals surface area contributed by atoms with Gasteiger partial charge in [-0.05, 0) is 60.7 Å². The van der Waals surface area contributed by atoms with Crippen LogP contribution in [0.2, 0.25) is 0 Å². The molecule has 4 aromatic rings. The van der Waals surface area contributed by atoms with Crippen LogP contribution in [0, 0.1) is 0 Å². The number of hydrogen-bond donors (Lipinski definition) is 3. The van der Waals surface area contributed by atoms with Crippen molar-refractivity contribution in [3.05, 3.63) is 84.7 Å². The molecule has 0 saturated carbocycles. The van der Waals surface area contributed by atoms with E-state index in [2.05, 4.69) is 30.9 Å². The van der Waals surface area contributed by atoms with E-state index in [1.807, 2.05) is 24.3 Å². The minimum Gasteiger partial charge on any atom is -0.357 e. The van der Waals surface area contributed by atoms with Crippen molar-refractivity contribution >= 4 is 35.1 Å². The highest BCUT2D eigenvalue weighted by atomic mass is 32.2. The highest BCUT2D eigenvalue weighted by Crippen LogP contribution is 2.34. The number of nitrogens with zero attached hydrogens (tertiary/aromatic N) is 3. The zero-order valence-electron chi connectivity index (χ0n) is 18.3. The fourth-order valence-corrected chi connectivity index (χ4v) is 3.97. The predicted molar refractivity (Wildman–Crippen MR) is 129 cm³/mol. The lowest BCUT2D eigenvalue weighted by molar-refractivity contribution is -0.137. The lowest BCUT2D eigenvalue weighted by atomic mass is 10.2. The van der Waals surface area contributed by atoms with E-state index in [1.165, 1.54) is 23.9 Å². The lowest BCUT2D eigenvalue weighted by Gasteiger charge is -2.11. The van der Waals surface area contributed by atoms with Gasteiger partial charge in [0.05, 0.1) is 11.3 Å². The summed E-state index contributed by atoms with van der Waals surface area (Å²) in [6, 6.07) is 16.3. The number of anilines is 3. The summed E-state index contributed by atoms with van der Waals surface area (Å²) in [6.07, 6.45) is -1.13. The lowest BCUT2D eigenvalue weighted by Crippen LogP contribution is -2.19. The first-order valence-corrected chi connectivity index (χ1v) is 11.1. The SMILES string of the molecule is CNc1nccc(-c2cccnc2Sc2ccc(NC(=O)Nc3cccc(C(F)(F)F)c3)cc2)n1. The number of pyridine rings is 1. The van der Waals surface area contributed by atoms with Crippen LogP contribution in [0.3, 0.4) is 0 Å². The third-order valence-electron chi connectivity index (χ3n) is 4.70. The normalized spacial score (nSPS) is 11.1. The van der Waals surface area contributed by atoms with E-state index < -0.39 is 17.8 Å². The molecular formula is C24H19F3N6OS. The van der Waals surface area contributed by atoms with Gasteiger partial charge in [-0.2, -0.15) is 13.2 Å². The average molecular weight is 497 g/mol. The number of rotatable bonds is 6. The Morgan fingerprint density at radius 1 is 0.886 bits per heavy atom. The molecule has 2 heterocycles. The Hall–Kier alpha value is -4.12. The molecule has 0 bridgehead atoms. The third-order valence-corrected chi connectivity index (χ3v) is 5.73. The molecule has 0 saturated heterocycles. The molecule has 0 fully saturated rings. The van der Waals surface area contributed by atoms with E-state index in [0.717, 1.165) is 33.3 Å². The predicted octanol–water partition coefficient (Wildman–Crippen LogP) is 6.39. The molecule has 0 aliphatic carbocycles. The second kappa shape index (κ2) is 10.4. The first-order chi connectivity index (χ1) is 16.8. The van der Waals surface area contributed by atoms with Crippen molar-refractivity contribution in [1.29, 1.82) is 0 Å². The second-order valence-electron chi connectivity index (χ2n) is 7.16. The molecule has 2 amide bonds. The van der Waals surface area contributed by atoms with Crippen molar-refractivity contribution in [2.75, 3.05) is 23.0 Å².